The lowest BCUT2D eigenvalue weighted by atomic mass is 9.93. The molecule has 6 nitrogen and oxygen atoms in total. The van der Waals surface area contributed by atoms with Crippen LogP contribution in [0.1, 0.15) is 25.7 Å². The molecule has 0 atom stereocenters. The van der Waals surface area contributed by atoms with Crippen LogP contribution in [0.3, 0.4) is 0 Å². The molecule has 9 heteroatoms. The molecule has 3 heterocycles. The fourth-order valence-electron chi connectivity index (χ4n) is 5.47. The van der Waals surface area contributed by atoms with E-state index in [9.17, 15) is 13.2 Å². The third-order valence-electron chi connectivity index (χ3n) is 7.55. The number of carbonyl (C=O) groups excluding carboxylic acids is 1. The number of amides is 1. The summed E-state index contributed by atoms with van der Waals surface area (Å²) in [5, 5.41) is 2.38. The molecule has 0 radical (unpaired) electrons. The highest BCUT2D eigenvalue weighted by Gasteiger charge is 2.35. The van der Waals surface area contributed by atoms with Crippen molar-refractivity contribution >= 4 is 50.1 Å². The van der Waals surface area contributed by atoms with Crippen LogP contribution in [0, 0.1) is 5.92 Å². The van der Waals surface area contributed by atoms with E-state index in [0.29, 0.717) is 37.2 Å². The topological polar surface area (TPSA) is 60.9 Å². The van der Waals surface area contributed by atoms with Crippen LogP contribution in [-0.2, 0) is 14.8 Å². The summed E-state index contributed by atoms with van der Waals surface area (Å²) >= 11 is 8.10. The zero-order valence-corrected chi connectivity index (χ0v) is 21.8. The fourth-order valence-corrected chi connectivity index (χ4v) is 8.19. The largest absolute Gasteiger partial charge is 0.340 e. The van der Waals surface area contributed by atoms with Gasteiger partial charge < -0.3 is 9.80 Å². The first kappa shape index (κ1) is 24.4. The summed E-state index contributed by atoms with van der Waals surface area (Å²) in [7, 11) is -3.60. The Morgan fingerprint density at radius 3 is 2.21 bits per heavy atom. The van der Waals surface area contributed by atoms with Crippen LogP contribution in [0.5, 0.6) is 0 Å². The first-order valence-electron chi connectivity index (χ1n) is 12.2. The van der Waals surface area contributed by atoms with Gasteiger partial charge in [0.1, 0.15) is 0 Å². The predicted octanol–water partition coefficient (Wildman–Crippen LogP) is 3.93. The fraction of sp³-hybridized carbons (Fsp3) is 0.560. The second-order valence-corrected chi connectivity index (χ2v) is 13.1. The number of likely N-dealkylation sites (tertiary alicyclic amines) is 1. The first-order chi connectivity index (χ1) is 16.4. The van der Waals surface area contributed by atoms with Crippen LogP contribution in [0.2, 0.25) is 5.02 Å². The maximum atomic E-state index is 13.3. The number of sulfonamides is 1. The maximum absolute atomic E-state index is 13.3. The van der Waals surface area contributed by atoms with E-state index >= 15 is 0 Å². The Labute approximate surface area is 211 Å². The van der Waals surface area contributed by atoms with Crippen molar-refractivity contribution in [2.24, 2.45) is 5.92 Å². The van der Waals surface area contributed by atoms with E-state index in [2.05, 4.69) is 4.90 Å². The molecule has 0 aromatic heterocycles. The molecular formula is C25H32ClN3O3S2. The third-order valence-corrected chi connectivity index (χ3v) is 10.7. The number of hydrogen-bond donors (Lipinski definition) is 0. The summed E-state index contributed by atoms with van der Waals surface area (Å²) in [5.41, 5.74) is 0. The van der Waals surface area contributed by atoms with E-state index in [1.165, 1.54) is 28.7 Å². The van der Waals surface area contributed by atoms with Crippen molar-refractivity contribution < 1.29 is 13.2 Å². The average Bonchev–Trinajstić information content (AvgIpc) is 2.88. The Bertz CT molecular complexity index is 1140. The number of hydrogen-bond acceptors (Lipinski definition) is 5. The first-order valence-corrected chi connectivity index (χ1v) is 15.2. The minimum atomic E-state index is -3.60. The highest BCUT2D eigenvalue weighted by Crippen LogP contribution is 2.29. The van der Waals surface area contributed by atoms with Gasteiger partial charge in [-0.3, -0.25) is 4.79 Å². The van der Waals surface area contributed by atoms with E-state index in [-0.39, 0.29) is 16.7 Å². The van der Waals surface area contributed by atoms with Gasteiger partial charge in [0.05, 0.1) is 4.90 Å². The lowest BCUT2D eigenvalue weighted by Gasteiger charge is -2.41. The summed E-state index contributed by atoms with van der Waals surface area (Å²) in [5.74, 6) is 2.79. The Morgan fingerprint density at radius 1 is 0.853 bits per heavy atom. The van der Waals surface area contributed by atoms with Crippen molar-refractivity contribution in [2.45, 2.75) is 36.6 Å². The van der Waals surface area contributed by atoms with Crippen molar-refractivity contribution in [2.75, 3.05) is 50.8 Å². The lowest BCUT2D eigenvalue weighted by molar-refractivity contribution is -0.138. The second kappa shape index (κ2) is 10.3. The molecule has 2 aromatic rings. The highest BCUT2D eigenvalue weighted by molar-refractivity contribution is 7.99. The molecular weight excluding hydrogens is 490 g/mol. The van der Waals surface area contributed by atoms with Crippen LogP contribution in [0.25, 0.3) is 10.8 Å². The van der Waals surface area contributed by atoms with E-state index in [4.69, 9.17) is 11.6 Å². The lowest BCUT2D eigenvalue weighted by Crippen LogP contribution is -2.53. The number of carbonyl (C=O) groups is 1. The monoisotopic (exact) mass is 521 g/mol. The molecule has 3 aliphatic heterocycles. The maximum Gasteiger partial charge on any atom is 0.243 e. The molecule has 0 unspecified atom stereocenters. The molecule has 0 spiro atoms. The minimum absolute atomic E-state index is 0.0738. The SMILES string of the molecule is O=C(C1CCN(C2CCSCC2)CC1)N1CCN(S(=O)(=O)c2ccc3cc(Cl)ccc3c2)CC1. The minimum Gasteiger partial charge on any atom is -0.340 e. The number of piperidine rings is 1. The van der Waals surface area contributed by atoms with Crippen LogP contribution in [0.4, 0.5) is 0 Å². The smallest absolute Gasteiger partial charge is 0.243 e. The molecule has 0 aliphatic carbocycles. The predicted molar refractivity (Wildman–Crippen MR) is 139 cm³/mol. The summed E-state index contributed by atoms with van der Waals surface area (Å²) in [4.78, 5) is 17.9. The van der Waals surface area contributed by atoms with Gasteiger partial charge >= 0.3 is 0 Å². The van der Waals surface area contributed by atoms with Crippen LogP contribution in [0.15, 0.2) is 41.3 Å². The van der Waals surface area contributed by atoms with Gasteiger partial charge in [-0.05, 0) is 85.3 Å². The Morgan fingerprint density at radius 2 is 1.50 bits per heavy atom. The zero-order valence-electron chi connectivity index (χ0n) is 19.4. The standard InChI is InChI=1S/C25H32ClN3O3S2/c26-22-3-1-21-18-24(4-2-20(21)17-22)34(31,32)29-13-11-28(12-14-29)25(30)19-5-9-27(10-6-19)23-7-15-33-16-8-23/h1-4,17-19,23H,5-16H2. The van der Waals surface area contributed by atoms with E-state index < -0.39 is 10.0 Å². The molecule has 3 saturated heterocycles. The van der Waals surface area contributed by atoms with Gasteiger partial charge in [0.2, 0.25) is 15.9 Å². The number of rotatable bonds is 4. The van der Waals surface area contributed by atoms with Gasteiger partial charge in [-0.25, -0.2) is 8.42 Å². The van der Waals surface area contributed by atoms with Crippen LogP contribution >= 0.6 is 23.4 Å². The van der Waals surface area contributed by atoms with Crippen molar-refractivity contribution in [3.05, 3.63) is 41.4 Å². The molecule has 2 aromatic carbocycles. The average molecular weight is 522 g/mol. The quantitative estimate of drug-likeness (QED) is 0.610. The van der Waals surface area contributed by atoms with Crippen molar-refractivity contribution in [1.29, 1.82) is 0 Å². The summed E-state index contributed by atoms with van der Waals surface area (Å²) in [6, 6.07) is 11.3. The van der Waals surface area contributed by atoms with Crippen LogP contribution in [-0.4, -0.2) is 85.2 Å². The van der Waals surface area contributed by atoms with E-state index in [1.54, 1.807) is 24.3 Å². The van der Waals surface area contributed by atoms with E-state index in [0.717, 1.165) is 36.7 Å². The molecule has 34 heavy (non-hydrogen) atoms. The molecule has 5 rings (SSSR count). The van der Waals surface area contributed by atoms with Gasteiger partial charge in [0, 0.05) is 43.2 Å². The number of benzene rings is 2. The molecule has 0 saturated carbocycles. The number of fused-ring (bicyclic) bond motifs is 1. The molecule has 0 N–H and O–H groups in total. The Balaban J connectivity index is 1.17. The van der Waals surface area contributed by atoms with E-state index in [1.807, 2.05) is 28.8 Å². The number of nitrogens with zero attached hydrogens (tertiary/aromatic N) is 3. The number of halogens is 1. The summed E-state index contributed by atoms with van der Waals surface area (Å²) < 4.78 is 28.0. The Hall–Kier alpha value is -1.32. The molecule has 3 fully saturated rings. The van der Waals surface area contributed by atoms with Gasteiger partial charge in [-0.15, -0.1) is 0 Å². The van der Waals surface area contributed by atoms with Gasteiger partial charge in [-0.1, -0.05) is 23.7 Å². The summed E-state index contributed by atoms with van der Waals surface area (Å²) in [6.45, 7) is 3.61. The molecule has 1 amide bonds. The molecule has 184 valence electrons. The van der Waals surface area contributed by atoms with Crippen molar-refractivity contribution in [3.63, 3.8) is 0 Å². The Kier molecular flexibility index (Phi) is 7.42. The van der Waals surface area contributed by atoms with Gasteiger partial charge in [0.25, 0.3) is 0 Å². The van der Waals surface area contributed by atoms with Gasteiger partial charge in [-0.2, -0.15) is 16.1 Å². The third kappa shape index (κ3) is 5.12. The molecule has 3 aliphatic rings. The van der Waals surface area contributed by atoms with Crippen molar-refractivity contribution in [3.8, 4) is 0 Å². The van der Waals surface area contributed by atoms with Gasteiger partial charge in [0.15, 0.2) is 0 Å². The molecule has 0 bridgehead atoms. The summed E-state index contributed by atoms with van der Waals surface area (Å²) in [6.07, 6.45) is 4.37. The number of thioether (sulfide) groups is 1. The second-order valence-electron chi connectivity index (χ2n) is 9.54. The van der Waals surface area contributed by atoms with Crippen molar-refractivity contribution in [1.82, 2.24) is 14.1 Å². The highest BCUT2D eigenvalue weighted by atomic mass is 35.5. The number of piperazine rings is 1. The normalized spacial score (nSPS) is 22.3. The zero-order chi connectivity index (χ0) is 23.7. The van der Waals surface area contributed by atoms with Crippen LogP contribution < -0.4 is 0 Å².